The van der Waals surface area contributed by atoms with Crippen molar-refractivity contribution in [2.45, 2.75) is 6.04 Å². The second-order valence-electron chi connectivity index (χ2n) is 7.63. The van der Waals surface area contributed by atoms with Crippen LogP contribution in [-0.4, -0.2) is 65.3 Å². The van der Waals surface area contributed by atoms with E-state index in [9.17, 15) is 4.79 Å². The van der Waals surface area contributed by atoms with Crippen LogP contribution in [0.25, 0.3) is 11.3 Å². The smallest absolute Gasteiger partial charge is 0.273 e. The Hall–Kier alpha value is -2.67. The highest BCUT2D eigenvalue weighted by Gasteiger charge is 2.42. The van der Waals surface area contributed by atoms with Gasteiger partial charge in [0.2, 0.25) is 0 Å². The zero-order chi connectivity index (χ0) is 20.5. The number of fused-ring (bicyclic) bond motifs is 1. The van der Waals surface area contributed by atoms with Crippen LogP contribution < -0.4 is 0 Å². The molecule has 1 fully saturated rings. The Kier molecular flexibility index (Phi) is 5.29. The molecule has 1 atom stereocenters. The van der Waals surface area contributed by atoms with Crippen LogP contribution in [0.5, 0.6) is 0 Å². The van der Waals surface area contributed by atoms with Crippen LogP contribution in [0.2, 0.25) is 5.02 Å². The van der Waals surface area contributed by atoms with Crippen LogP contribution in [0.3, 0.4) is 0 Å². The molecule has 0 aliphatic carbocycles. The number of halogens is 1. The Bertz CT molecular complexity index is 1030. The molecule has 2 aliphatic heterocycles. The molecule has 6 nitrogen and oxygen atoms in total. The molecule has 1 aromatic heterocycles. The highest BCUT2D eigenvalue weighted by molar-refractivity contribution is 6.30. The number of rotatable bonds is 5. The Labute approximate surface area is 180 Å². The first-order valence-electron chi connectivity index (χ1n) is 10.2. The van der Waals surface area contributed by atoms with Gasteiger partial charge in [-0.25, -0.2) is 0 Å². The van der Waals surface area contributed by atoms with Gasteiger partial charge in [0.05, 0.1) is 24.9 Å². The number of nitrogens with zero attached hydrogens (tertiary/aromatic N) is 3. The van der Waals surface area contributed by atoms with Gasteiger partial charge < -0.3 is 9.64 Å². The molecule has 0 saturated carbocycles. The number of ether oxygens (including phenoxy) is 1. The second kappa shape index (κ2) is 8.22. The van der Waals surface area contributed by atoms with E-state index < -0.39 is 0 Å². The summed E-state index contributed by atoms with van der Waals surface area (Å²) in [6, 6.07) is 17.6. The molecule has 5 rings (SSSR count). The van der Waals surface area contributed by atoms with E-state index >= 15 is 0 Å². The van der Waals surface area contributed by atoms with Crippen molar-refractivity contribution >= 4 is 17.5 Å². The number of aromatic amines is 1. The highest BCUT2D eigenvalue weighted by Crippen LogP contribution is 2.42. The van der Waals surface area contributed by atoms with Crippen molar-refractivity contribution in [3.05, 3.63) is 76.4 Å². The number of hydrogen-bond acceptors (Lipinski definition) is 4. The van der Waals surface area contributed by atoms with Gasteiger partial charge in [-0.15, -0.1) is 0 Å². The third kappa shape index (κ3) is 3.51. The van der Waals surface area contributed by atoms with Crippen LogP contribution >= 0.6 is 11.6 Å². The molecule has 3 aromatic rings. The predicted molar refractivity (Wildman–Crippen MR) is 116 cm³/mol. The maximum absolute atomic E-state index is 13.4. The lowest BCUT2D eigenvalue weighted by Crippen LogP contribution is -2.42. The second-order valence-corrected chi connectivity index (χ2v) is 8.07. The number of carbonyl (C=O) groups excluding carboxylic acids is 1. The van der Waals surface area contributed by atoms with Crippen LogP contribution in [-0.2, 0) is 4.74 Å². The predicted octanol–water partition coefficient (Wildman–Crippen LogP) is 3.61. The monoisotopic (exact) mass is 422 g/mol. The van der Waals surface area contributed by atoms with Gasteiger partial charge in [-0.3, -0.25) is 14.8 Å². The lowest BCUT2D eigenvalue weighted by atomic mass is 9.96. The molecule has 0 unspecified atom stereocenters. The summed E-state index contributed by atoms with van der Waals surface area (Å²) in [4.78, 5) is 17.6. The topological polar surface area (TPSA) is 61.5 Å². The third-order valence-corrected chi connectivity index (χ3v) is 6.11. The molecule has 2 aromatic carbocycles. The molecule has 154 valence electrons. The zero-order valence-corrected chi connectivity index (χ0v) is 17.3. The molecular formula is C23H23ClN4O2. The third-order valence-electron chi connectivity index (χ3n) is 5.86. The maximum Gasteiger partial charge on any atom is 0.273 e. The van der Waals surface area contributed by atoms with E-state index in [4.69, 9.17) is 16.3 Å². The Morgan fingerprint density at radius 2 is 1.77 bits per heavy atom. The molecule has 2 aliphatic rings. The van der Waals surface area contributed by atoms with E-state index in [1.54, 1.807) is 0 Å². The molecule has 1 amide bonds. The SMILES string of the molecule is O=C1c2[nH]nc(-c3ccccc3)c2[C@@H](c2ccc(Cl)cc2)N1CCN1CCOCC1. The Morgan fingerprint density at radius 1 is 1.03 bits per heavy atom. The van der Waals surface area contributed by atoms with Gasteiger partial charge in [0.25, 0.3) is 5.91 Å². The number of hydrogen-bond donors (Lipinski definition) is 1. The minimum absolute atomic E-state index is 0.00658. The van der Waals surface area contributed by atoms with Gasteiger partial charge in [0.15, 0.2) is 0 Å². The molecule has 0 radical (unpaired) electrons. The molecule has 3 heterocycles. The number of amides is 1. The number of nitrogens with one attached hydrogen (secondary N) is 1. The average Bonchev–Trinajstić information content (AvgIpc) is 3.33. The van der Waals surface area contributed by atoms with Crippen molar-refractivity contribution in [2.75, 3.05) is 39.4 Å². The first-order chi connectivity index (χ1) is 14.7. The van der Waals surface area contributed by atoms with Crippen molar-refractivity contribution in [1.82, 2.24) is 20.0 Å². The number of H-pyrrole nitrogens is 1. The summed E-state index contributed by atoms with van der Waals surface area (Å²) in [7, 11) is 0. The summed E-state index contributed by atoms with van der Waals surface area (Å²) in [6.07, 6.45) is 0. The fraction of sp³-hybridized carbons (Fsp3) is 0.304. The van der Waals surface area contributed by atoms with E-state index in [0.717, 1.165) is 55.2 Å². The highest BCUT2D eigenvalue weighted by atomic mass is 35.5. The summed E-state index contributed by atoms with van der Waals surface area (Å²) in [5.74, 6) is -0.00658. The maximum atomic E-state index is 13.4. The largest absolute Gasteiger partial charge is 0.379 e. The minimum atomic E-state index is -0.195. The lowest BCUT2D eigenvalue weighted by Gasteiger charge is -2.31. The first-order valence-corrected chi connectivity index (χ1v) is 10.6. The number of morpholine rings is 1. The Balaban J connectivity index is 1.52. The lowest BCUT2D eigenvalue weighted by molar-refractivity contribution is 0.0316. The summed E-state index contributed by atoms with van der Waals surface area (Å²) < 4.78 is 5.45. The number of aromatic nitrogens is 2. The van der Waals surface area contributed by atoms with Gasteiger partial charge in [0, 0.05) is 42.3 Å². The fourth-order valence-corrected chi connectivity index (χ4v) is 4.43. The molecule has 0 bridgehead atoms. The van der Waals surface area contributed by atoms with E-state index in [-0.39, 0.29) is 11.9 Å². The molecule has 30 heavy (non-hydrogen) atoms. The van der Waals surface area contributed by atoms with Crippen molar-refractivity contribution in [3.8, 4) is 11.3 Å². The van der Waals surface area contributed by atoms with Gasteiger partial charge in [-0.05, 0) is 17.7 Å². The standard InChI is InChI=1S/C23H23ClN4O2/c24-18-8-6-17(7-9-18)22-19-20(16-4-2-1-3-5-16)25-26-21(19)23(29)28(22)11-10-27-12-14-30-15-13-27/h1-9,22H,10-15H2,(H,25,26)/t22-/m1/s1. The summed E-state index contributed by atoms with van der Waals surface area (Å²) >= 11 is 6.13. The van der Waals surface area contributed by atoms with Crippen LogP contribution in [0, 0.1) is 0 Å². The van der Waals surface area contributed by atoms with Crippen LogP contribution in [0.1, 0.15) is 27.7 Å². The zero-order valence-electron chi connectivity index (χ0n) is 16.6. The minimum Gasteiger partial charge on any atom is -0.379 e. The van der Waals surface area contributed by atoms with Crippen LogP contribution in [0.15, 0.2) is 54.6 Å². The summed E-state index contributed by atoms with van der Waals surface area (Å²) in [5, 5.41) is 8.20. The molecule has 7 heteroatoms. The normalized spacial score (nSPS) is 19.3. The number of benzene rings is 2. The quantitative estimate of drug-likeness (QED) is 0.682. The van der Waals surface area contributed by atoms with Crippen molar-refractivity contribution in [3.63, 3.8) is 0 Å². The average molecular weight is 423 g/mol. The van der Waals surface area contributed by atoms with Crippen LogP contribution in [0.4, 0.5) is 0 Å². The van der Waals surface area contributed by atoms with E-state index in [1.165, 1.54) is 0 Å². The van der Waals surface area contributed by atoms with E-state index in [0.29, 0.717) is 17.3 Å². The molecule has 1 saturated heterocycles. The van der Waals surface area contributed by atoms with Gasteiger partial charge in [-0.2, -0.15) is 5.10 Å². The van der Waals surface area contributed by atoms with Gasteiger partial charge >= 0.3 is 0 Å². The van der Waals surface area contributed by atoms with E-state index in [1.807, 2.05) is 59.5 Å². The molecule has 1 N–H and O–H groups in total. The molecule has 0 spiro atoms. The number of carbonyl (C=O) groups is 1. The summed E-state index contributed by atoms with van der Waals surface area (Å²) in [6.45, 7) is 4.75. The van der Waals surface area contributed by atoms with Crippen molar-refractivity contribution in [1.29, 1.82) is 0 Å². The van der Waals surface area contributed by atoms with E-state index in [2.05, 4.69) is 15.1 Å². The fourth-order valence-electron chi connectivity index (χ4n) is 4.31. The van der Waals surface area contributed by atoms with Gasteiger partial charge in [0.1, 0.15) is 5.69 Å². The first kappa shape index (κ1) is 19.3. The Morgan fingerprint density at radius 3 is 2.50 bits per heavy atom. The van der Waals surface area contributed by atoms with Crippen molar-refractivity contribution < 1.29 is 9.53 Å². The van der Waals surface area contributed by atoms with Gasteiger partial charge in [-0.1, -0.05) is 54.1 Å². The summed E-state index contributed by atoms with van der Waals surface area (Å²) in [5.41, 5.74) is 4.38. The van der Waals surface area contributed by atoms with Crippen molar-refractivity contribution in [2.24, 2.45) is 0 Å². The molecular weight excluding hydrogens is 400 g/mol.